The fourth-order valence-corrected chi connectivity index (χ4v) is 2.72. The highest BCUT2D eigenvalue weighted by Gasteiger charge is 2.18. The van der Waals surface area contributed by atoms with Gasteiger partial charge < -0.3 is 10.4 Å². The largest absolute Gasteiger partial charge is 0.480 e. The first-order valence-corrected chi connectivity index (χ1v) is 7.47. The third-order valence-electron chi connectivity index (χ3n) is 3.78. The monoisotopic (exact) mass is 294 g/mol. The Kier molecular flexibility index (Phi) is 3.92. The van der Waals surface area contributed by atoms with E-state index in [1.54, 1.807) is 0 Å². The Morgan fingerprint density at radius 1 is 1.09 bits per heavy atom. The first-order valence-electron chi connectivity index (χ1n) is 7.47. The molecule has 0 spiro atoms. The van der Waals surface area contributed by atoms with Gasteiger partial charge in [0, 0.05) is 10.8 Å². The van der Waals surface area contributed by atoms with E-state index in [2.05, 4.69) is 10.3 Å². The third-order valence-corrected chi connectivity index (χ3v) is 3.78. The Morgan fingerprint density at radius 2 is 1.64 bits per heavy atom. The van der Waals surface area contributed by atoms with Crippen molar-refractivity contribution in [1.82, 2.24) is 4.98 Å². The minimum Gasteiger partial charge on any atom is -0.480 e. The smallest absolute Gasteiger partial charge is 0.326 e. The van der Waals surface area contributed by atoms with Crippen molar-refractivity contribution in [1.29, 1.82) is 0 Å². The number of fused-ring (bicyclic) bond motifs is 2. The topological polar surface area (TPSA) is 62.2 Å². The maximum Gasteiger partial charge on any atom is 0.326 e. The number of nitrogens with zero attached hydrogens (tertiary/aromatic N) is 1. The maximum atomic E-state index is 11.5. The van der Waals surface area contributed by atoms with Crippen molar-refractivity contribution in [3.05, 3.63) is 48.5 Å². The van der Waals surface area contributed by atoms with Gasteiger partial charge in [-0.2, -0.15) is 0 Å². The van der Waals surface area contributed by atoms with Gasteiger partial charge in [-0.3, -0.25) is 0 Å². The second-order valence-corrected chi connectivity index (χ2v) is 5.34. The van der Waals surface area contributed by atoms with Crippen LogP contribution in [0.5, 0.6) is 0 Å². The maximum absolute atomic E-state index is 11.5. The molecule has 4 nitrogen and oxygen atoms in total. The van der Waals surface area contributed by atoms with Crippen LogP contribution in [0.25, 0.3) is 21.8 Å². The number of carboxylic acid groups (broad SMARTS) is 1. The summed E-state index contributed by atoms with van der Waals surface area (Å²) in [4.78, 5) is 16.1. The van der Waals surface area contributed by atoms with E-state index in [4.69, 9.17) is 0 Å². The molecule has 0 unspecified atom stereocenters. The van der Waals surface area contributed by atoms with E-state index in [1.165, 1.54) is 0 Å². The van der Waals surface area contributed by atoms with Crippen molar-refractivity contribution in [3.63, 3.8) is 0 Å². The van der Waals surface area contributed by atoms with Gasteiger partial charge in [-0.1, -0.05) is 49.7 Å². The van der Waals surface area contributed by atoms with Crippen LogP contribution in [0, 0.1) is 0 Å². The summed E-state index contributed by atoms with van der Waals surface area (Å²) in [6, 6.07) is 15.0. The molecule has 1 aromatic heterocycles. The van der Waals surface area contributed by atoms with Crippen LogP contribution >= 0.6 is 0 Å². The number of hydrogen-bond acceptors (Lipinski definition) is 3. The second-order valence-electron chi connectivity index (χ2n) is 5.34. The van der Waals surface area contributed by atoms with Crippen LogP contribution in [0.4, 0.5) is 5.69 Å². The quantitative estimate of drug-likeness (QED) is 0.697. The Labute approximate surface area is 128 Å². The van der Waals surface area contributed by atoms with Gasteiger partial charge in [0.25, 0.3) is 0 Å². The van der Waals surface area contributed by atoms with Gasteiger partial charge >= 0.3 is 5.97 Å². The number of anilines is 1. The molecule has 3 aromatic rings. The summed E-state index contributed by atoms with van der Waals surface area (Å²) >= 11 is 0. The lowest BCUT2D eigenvalue weighted by atomic mass is 10.1. The summed E-state index contributed by atoms with van der Waals surface area (Å²) in [7, 11) is 0. The summed E-state index contributed by atoms with van der Waals surface area (Å²) < 4.78 is 0. The minimum absolute atomic E-state index is 0.584. The predicted molar refractivity (Wildman–Crippen MR) is 89.2 cm³/mol. The molecule has 0 saturated carbocycles. The lowest BCUT2D eigenvalue weighted by molar-refractivity contribution is -0.138. The van der Waals surface area contributed by atoms with E-state index in [-0.39, 0.29) is 0 Å². The Balaban J connectivity index is 2.21. The van der Waals surface area contributed by atoms with Gasteiger partial charge in [0.1, 0.15) is 6.04 Å². The number of aliphatic carboxylic acids is 1. The van der Waals surface area contributed by atoms with E-state index in [1.807, 2.05) is 55.5 Å². The Hall–Kier alpha value is -2.62. The van der Waals surface area contributed by atoms with Gasteiger partial charge in [-0.05, 0) is 18.6 Å². The lowest BCUT2D eigenvalue weighted by Crippen LogP contribution is -2.29. The molecule has 22 heavy (non-hydrogen) atoms. The number of para-hydroxylation sites is 2. The molecule has 0 aliphatic carbocycles. The molecule has 0 saturated heterocycles. The van der Waals surface area contributed by atoms with Gasteiger partial charge in [-0.25, -0.2) is 9.78 Å². The zero-order valence-corrected chi connectivity index (χ0v) is 12.4. The van der Waals surface area contributed by atoms with E-state index >= 15 is 0 Å². The van der Waals surface area contributed by atoms with Gasteiger partial charge in [0.2, 0.25) is 0 Å². The van der Waals surface area contributed by atoms with Crippen LogP contribution in [0.3, 0.4) is 0 Å². The van der Waals surface area contributed by atoms with Crippen molar-refractivity contribution in [2.75, 3.05) is 5.32 Å². The number of carbonyl (C=O) groups is 1. The SMILES string of the molecule is CCC[C@@H](Nc1c2ccccc2nc2ccccc12)C(=O)O. The standard InChI is InChI=1S/C18H18N2O2/c1-2-7-16(18(21)22)20-17-12-8-3-5-10-14(12)19-15-11-6-4-9-13(15)17/h3-6,8-11,16H,2,7H2,1H3,(H,19,20)(H,21,22)/t16-/m1/s1. The minimum atomic E-state index is -0.827. The highest BCUT2D eigenvalue weighted by molar-refractivity contribution is 6.08. The number of pyridine rings is 1. The fraction of sp³-hybridized carbons (Fsp3) is 0.222. The number of carboxylic acids is 1. The van der Waals surface area contributed by atoms with E-state index in [9.17, 15) is 9.90 Å². The molecule has 1 atom stereocenters. The molecule has 2 aromatic carbocycles. The second kappa shape index (κ2) is 6.02. The summed E-state index contributed by atoms with van der Waals surface area (Å²) in [5, 5.41) is 14.6. The molecule has 112 valence electrons. The zero-order valence-electron chi connectivity index (χ0n) is 12.4. The molecular weight excluding hydrogens is 276 g/mol. The average Bonchev–Trinajstić information content (AvgIpc) is 2.53. The number of hydrogen-bond donors (Lipinski definition) is 2. The van der Waals surface area contributed by atoms with Crippen molar-refractivity contribution in [2.45, 2.75) is 25.8 Å². The third kappa shape index (κ3) is 2.60. The molecule has 1 heterocycles. The van der Waals surface area contributed by atoms with Crippen LogP contribution in [0.1, 0.15) is 19.8 Å². The first kappa shape index (κ1) is 14.3. The molecule has 0 radical (unpaired) electrons. The number of benzene rings is 2. The van der Waals surface area contributed by atoms with Crippen LogP contribution in [0.2, 0.25) is 0 Å². The summed E-state index contributed by atoms with van der Waals surface area (Å²) in [6.45, 7) is 1.99. The summed E-state index contributed by atoms with van der Waals surface area (Å²) in [5.74, 6) is -0.827. The molecule has 4 heteroatoms. The van der Waals surface area contributed by atoms with Gasteiger partial charge in [-0.15, -0.1) is 0 Å². The Bertz CT molecular complexity index is 776. The molecule has 3 rings (SSSR count). The lowest BCUT2D eigenvalue weighted by Gasteiger charge is -2.18. The number of aromatic nitrogens is 1. The Morgan fingerprint density at radius 3 is 2.14 bits per heavy atom. The van der Waals surface area contributed by atoms with Crippen molar-refractivity contribution in [2.24, 2.45) is 0 Å². The van der Waals surface area contributed by atoms with Crippen LogP contribution in [0.15, 0.2) is 48.5 Å². The van der Waals surface area contributed by atoms with E-state index in [0.717, 1.165) is 33.9 Å². The highest BCUT2D eigenvalue weighted by Crippen LogP contribution is 2.31. The summed E-state index contributed by atoms with van der Waals surface area (Å²) in [6.07, 6.45) is 1.39. The molecule has 0 bridgehead atoms. The average molecular weight is 294 g/mol. The summed E-state index contributed by atoms with van der Waals surface area (Å²) in [5.41, 5.74) is 2.58. The molecular formula is C18H18N2O2. The zero-order chi connectivity index (χ0) is 15.5. The highest BCUT2D eigenvalue weighted by atomic mass is 16.4. The molecule has 0 amide bonds. The van der Waals surface area contributed by atoms with Gasteiger partial charge in [0.05, 0.1) is 16.7 Å². The van der Waals surface area contributed by atoms with E-state index < -0.39 is 12.0 Å². The van der Waals surface area contributed by atoms with Gasteiger partial charge in [0.15, 0.2) is 0 Å². The first-order chi connectivity index (χ1) is 10.7. The van der Waals surface area contributed by atoms with Crippen molar-refractivity contribution in [3.8, 4) is 0 Å². The molecule has 0 aliphatic heterocycles. The van der Waals surface area contributed by atoms with E-state index in [0.29, 0.717) is 6.42 Å². The van der Waals surface area contributed by atoms with Crippen LogP contribution in [-0.2, 0) is 4.79 Å². The normalized spacial score (nSPS) is 12.4. The molecule has 2 N–H and O–H groups in total. The van der Waals surface area contributed by atoms with Crippen molar-refractivity contribution < 1.29 is 9.90 Å². The van der Waals surface area contributed by atoms with Crippen LogP contribution < -0.4 is 5.32 Å². The van der Waals surface area contributed by atoms with Crippen molar-refractivity contribution >= 4 is 33.5 Å². The predicted octanol–water partition coefficient (Wildman–Crippen LogP) is 4.05. The van der Waals surface area contributed by atoms with Crippen LogP contribution in [-0.4, -0.2) is 22.1 Å². The number of nitrogens with one attached hydrogen (secondary N) is 1. The molecule has 0 fully saturated rings. The number of rotatable bonds is 5. The fourth-order valence-electron chi connectivity index (χ4n) is 2.72. The molecule has 0 aliphatic rings.